The Morgan fingerprint density at radius 1 is 1.24 bits per heavy atom. The number of anilines is 1. The predicted octanol–water partition coefficient (Wildman–Crippen LogP) is 3.72. The standard InChI is InChI=1S/C18H25N3/c1-13(2)19-11-14-12-20-18(21(3)15-7-6-8-15)17-10-5-4-9-16(14)17/h4-5,9-10,12-13,15,19H,6-8,11H2,1-3H3. The van der Waals surface area contributed by atoms with Crippen molar-refractivity contribution in [2.45, 2.75) is 51.7 Å². The average Bonchev–Trinajstić information content (AvgIpc) is 2.42. The van der Waals surface area contributed by atoms with E-state index in [9.17, 15) is 0 Å². The molecule has 1 aromatic heterocycles. The first kappa shape index (κ1) is 14.3. The first-order chi connectivity index (χ1) is 10.2. The number of hydrogen-bond donors (Lipinski definition) is 1. The van der Waals surface area contributed by atoms with E-state index in [1.54, 1.807) is 0 Å². The Morgan fingerprint density at radius 3 is 2.57 bits per heavy atom. The van der Waals surface area contributed by atoms with E-state index >= 15 is 0 Å². The highest BCUT2D eigenvalue weighted by molar-refractivity contribution is 5.94. The van der Waals surface area contributed by atoms with Crippen molar-refractivity contribution in [1.82, 2.24) is 10.3 Å². The smallest absolute Gasteiger partial charge is 0.136 e. The van der Waals surface area contributed by atoms with Crippen LogP contribution in [0.2, 0.25) is 0 Å². The normalized spacial score (nSPS) is 15.4. The number of rotatable bonds is 5. The van der Waals surface area contributed by atoms with Crippen molar-refractivity contribution >= 4 is 16.6 Å². The van der Waals surface area contributed by atoms with Crippen LogP contribution in [-0.4, -0.2) is 24.1 Å². The molecule has 1 heterocycles. The molecule has 0 unspecified atom stereocenters. The molecule has 1 N–H and O–H groups in total. The van der Waals surface area contributed by atoms with Gasteiger partial charge in [0, 0.05) is 37.3 Å². The largest absolute Gasteiger partial charge is 0.356 e. The molecule has 3 rings (SSSR count). The molecule has 0 aliphatic heterocycles. The molecule has 0 amide bonds. The minimum Gasteiger partial charge on any atom is -0.356 e. The summed E-state index contributed by atoms with van der Waals surface area (Å²) >= 11 is 0. The SMILES string of the molecule is CC(C)NCc1cnc(N(C)C2CCC2)c2ccccc12. The summed E-state index contributed by atoms with van der Waals surface area (Å²) in [6, 6.07) is 9.80. The van der Waals surface area contributed by atoms with Crippen LogP contribution in [0.3, 0.4) is 0 Å². The molecule has 3 heteroatoms. The summed E-state index contributed by atoms with van der Waals surface area (Å²) in [5.74, 6) is 1.13. The van der Waals surface area contributed by atoms with Crippen LogP contribution in [0, 0.1) is 0 Å². The van der Waals surface area contributed by atoms with Crippen LogP contribution in [0.1, 0.15) is 38.7 Å². The summed E-state index contributed by atoms with van der Waals surface area (Å²) in [6.45, 7) is 5.22. The molecule has 0 saturated heterocycles. The van der Waals surface area contributed by atoms with Crippen molar-refractivity contribution in [2.75, 3.05) is 11.9 Å². The Labute approximate surface area is 127 Å². The number of nitrogens with zero attached hydrogens (tertiary/aromatic N) is 2. The van der Waals surface area contributed by atoms with Gasteiger partial charge < -0.3 is 10.2 Å². The fraction of sp³-hybridized carbons (Fsp3) is 0.500. The van der Waals surface area contributed by atoms with Crippen molar-refractivity contribution in [1.29, 1.82) is 0 Å². The van der Waals surface area contributed by atoms with Gasteiger partial charge in [0.2, 0.25) is 0 Å². The molecule has 0 bridgehead atoms. The van der Waals surface area contributed by atoms with Gasteiger partial charge in [-0.1, -0.05) is 38.1 Å². The van der Waals surface area contributed by atoms with Crippen LogP contribution >= 0.6 is 0 Å². The first-order valence-electron chi connectivity index (χ1n) is 7.99. The number of pyridine rings is 1. The van der Waals surface area contributed by atoms with Crippen LogP contribution in [0.5, 0.6) is 0 Å². The second kappa shape index (κ2) is 6.02. The monoisotopic (exact) mass is 283 g/mol. The summed E-state index contributed by atoms with van der Waals surface area (Å²) in [4.78, 5) is 7.14. The van der Waals surface area contributed by atoms with Crippen molar-refractivity contribution in [2.24, 2.45) is 0 Å². The summed E-state index contributed by atoms with van der Waals surface area (Å²) in [7, 11) is 2.19. The highest BCUT2D eigenvalue weighted by atomic mass is 15.2. The van der Waals surface area contributed by atoms with E-state index in [-0.39, 0.29) is 0 Å². The predicted molar refractivity (Wildman–Crippen MR) is 89.8 cm³/mol. The summed E-state index contributed by atoms with van der Waals surface area (Å²) < 4.78 is 0. The molecule has 1 saturated carbocycles. The van der Waals surface area contributed by atoms with Gasteiger partial charge in [0.25, 0.3) is 0 Å². The van der Waals surface area contributed by atoms with E-state index in [1.165, 1.54) is 35.6 Å². The zero-order valence-electron chi connectivity index (χ0n) is 13.3. The topological polar surface area (TPSA) is 28.2 Å². The Bertz CT molecular complexity index is 617. The minimum absolute atomic E-state index is 0.487. The lowest BCUT2D eigenvalue weighted by Crippen LogP contribution is -2.37. The van der Waals surface area contributed by atoms with Gasteiger partial charge in [0.15, 0.2) is 0 Å². The number of benzene rings is 1. The Balaban J connectivity index is 1.97. The van der Waals surface area contributed by atoms with Gasteiger partial charge in [0.05, 0.1) is 0 Å². The quantitative estimate of drug-likeness (QED) is 0.906. The minimum atomic E-state index is 0.487. The van der Waals surface area contributed by atoms with E-state index in [0.717, 1.165) is 12.4 Å². The van der Waals surface area contributed by atoms with E-state index in [4.69, 9.17) is 4.98 Å². The maximum absolute atomic E-state index is 4.77. The molecule has 112 valence electrons. The second-order valence-corrected chi connectivity index (χ2v) is 6.38. The molecule has 1 aliphatic carbocycles. The molecule has 0 spiro atoms. The number of fused-ring (bicyclic) bond motifs is 1. The zero-order chi connectivity index (χ0) is 14.8. The lowest BCUT2D eigenvalue weighted by atomic mass is 9.91. The third kappa shape index (κ3) is 2.88. The van der Waals surface area contributed by atoms with Gasteiger partial charge in [-0.2, -0.15) is 0 Å². The number of aromatic nitrogens is 1. The van der Waals surface area contributed by atoms with Gasteiger partial charge >= 0.3 is 0 Å². The van der Waals surface area contributed by atoms with Crippen molar-refractivity contribution in [3.63, 3.8) is 0 Å². The maximum Gasteiger partial charge on any atom is 0.136 e. The van der Waals surface area contributed by atoms with E-state index in [0.29, 0.717) is 12.1 Å². The maximum atomic E-state index is 4.77. The molecule has 2 aromatic rings. The molecule has 1 aromatic carbocycles. The lowest BCUT2D eigenvalue weighted by molar-refractivity contribution is 0.400. The van der Waals surface area contributed by atoms with Crippen LogP contribution in [-0.2, 0) is 6.54 Å². The summed E-state index contributed by atoms with van der Waals surface area (Å²) in [6.07, 6.45) is 5.98. The molecular formula is C18H25N3. The third-order valence-electron chi connectivity index (χ3n) is 4.51. The Morgan fingerprint density at radius 2 is 1.95 bits per heavy atom. The van der Waals surface area contributed by atoms with Crippen LogP contribution in [0.15, 0.2) is 30.5 Å². The Hall–Kier alpha value is -1.61. The van der Waals surface area contributed by atoms with E-state index in [2.05, 4.69) is 55.4 Å². The summed E-state index contributed by atoms with van der Waals surface area (Å²) in [5, 5.41) is 6.09. The van der Waals surface area contributed by atoms with Crippen LogP contribution < -0.4 is 10.2 Å². The fourth-order valence-corrected chi connectivity index (χ4v) is 2.92. The van der Waals surface area contributed by atoms with Crippen molar-refractivity contribution < 1.29 is 0 Å². The third-order valence-corrected chi connectivity index (χ3v) is 4.51. The fourth-order valence-electron chi connectivity index (χ4n) is 2.92. The number of nitrogens with one attached hydrogen (secondary N) is 1. The Kier molecular flexibility index (Phi) is 4.11. The van der Waals surface area contributed by atoms with Gasteiger partial charge in [-0.25, -0.2) is 4.98 Å². The second-order valence-electron chi connectivity index (χ2n) is 6.38. The van der Waals surface area contributed by atoms with Crippen LogP contribution in [0.25, 0.3) is 10.8 Å². The molecule has 3 nitrogen and oxygen atoms in total. The van der Waals surface area contributed by atoms with Gasteiger partial charge in [-0.15, -0.1) is 0 Å². The molecule has 0 atom stereocenters. The average molecular weight is 283 g/mol. The lowest BCUT2D eigenvalue weighted by Gasteiger charge is -2.36. The molecule has 0 radical (unpaired) electrons. The van der Waals surface area contributed by atoms with Gasteiger partial charge in [-0.3, -0.25) is 0 Å². The number of hydrogen-bond acceptors (Lipinski definition) is 3. The van der Waals surface area contributed by atoms with Crippen molar-refractivity contribution in [3.8, 4) is 0 Å². The highest BCUT2D eigenvalue weighted by Gasteiger charge is 2.24. The van der Waals surface area contributed by atoms with Gasteiger partial charge in [0.1, 0.15) is 5.82 Å². The van der Waals surface area contributed by atoms with Crippen LogP contribution in [0.4, 0.5) is 5.82 Å². The molecular weight excluding hydrogens is 258 g/mol. The molecule has 21 heavy (non-hydrogen) atoms. The van der Waals surface area contributed by atoms with E-state index in [1.807, 2.05) is 6.20 Å². The zero-order valence-corrected chi connectivity index (χ0v) is 13.3. The highest BCUT2D eigenvalue weighted by Crippen LogP contribution is 2.32. The van der Waals surface area contributed by atoms with Crippen molar-refractivity contribution in [3.05, 3.63) is 36.0 Å². The first-order valence-corrected chi connectivity index (χ1v) is 7.99. The molecule has 1 aliphatic rings. The molecule has 1 fully saturated rings. The summed E-state index contributed by atoms with van der Waals surface area (Å²) in [5.41, 5.74) is 1.28. The van der Waals surface area contributed by atoms with Gasteiger partial charge in [-0.05, 0) is 30.2 Å². The van der Waals surface area contributed by atoms with E-state index < -0.39 is 0 Å².